The third-order valence-electron chi connectivity index (χ3n) is 6.60. The number of hydrogen-bond acceptors (Lipinski definition) is 9. The van der Waals surface area contributed by atoms with Crippen molar-refractivity contribution in [1.29, 1.82) is 0 Å². The Morgan fingerprint density at radius 2 is 1.97 bits per heavy atom. The van der Waals surface area contributed by atoms with Gasteiger partial charge >= 0.3 is 6.09 Å². The molecule has 3 saturated heterocycles. The largest absolute Gasteiger partial charge is 0.449 e. The Morgan fingerprint density at radius 1 is 1.28 bits per heavy atom. The first kappa shape index (κ1) is 18.5. The number of fused-ring (bicyclic) bond motifs is 4. The van der Waals surface area contributed by atoms with Gasteiger partial charge in [0.15, 0.2) is 11.5 Å². The van der Waals surface area contributed by atoms with Crippen molar-refractivity contribution in [2.75, 3.05) is 33.5 Å². The number of Topliss-reactive ketones (excluding diaryl/α,β-unsaturated/α-hetero) is 2. The van der Waals surface area contributed by atoms with Crippen molar-refractivity contribution in [3.8, 4) is 0 Å². The minimum Gasteiger partial charge on any atom is -0.449 e. The van der Waals surface area contributed by atoms with Gasteiger partial charge in [-0.15, -0.1) is 0 Å². The highest BCUT2D eigenvalue weighted by Crippen LogP contribution is 2.60. The number of carbonyl (C=O) groups excluding carboxylic acids is 4. The van der Waals surface area contributed by atoms with E-state index in [1.165, 1.54) is 14.0 Å². The molecule has 2 amide bonds. The number of piperazine rings is 1. The van der Waals surface area contributed by atoms with Gasteiger partial charge in [-0.05, 0) is 0 Å². The van der Waals surface area contributed by atoms with Crippen LogP contribution in [0.3, 0.4) is 0 Å². The van der Waals surface area contributed by atoms with E-state index in [4.69, 9.17) is 24.7 Å². The summed E-state index contributed by atoms with van der Waals surface area (Å²) in [6, 6.07) is -0.519. The van der Waals surface area contributed by atoms with Crippen molar-refractivity contribution < 1.29 is 38.1 Å². The molecule has 5 rings (SSSR count). The molecule has 2 N–H and O–H groups in total. The molecule has 156 valence electrons. The monoisotopic (exact) mass is 407 g/mol. The van der Waals surface area contributed by atoms with Crippen LogP contribution >= 0.6 is 0 Å². The molecule has 0 aromatic carbocycles. The Morgan fingerprint density at radius 3 is 2.55 bits per heavy atom. The molecule has 0 bridgehead atoms. The Hall–Kier alpha value is -2.50. The molecular weight excluding hydrogens is 386 g/mol. The van der Waals surface area contributed by atoms with E-state index >= 15 is 0 Å². The van der Waals surface area contributed by atoms with Crippen LogP contribution in [0.15, 0.2) is 11.3 Å². The zero-order valence-corrected chi connectivity index (χ0v) is 16.0. The van der Waals surface area contributed by atoms with Gasteiger partial charge in [-0.3, -0.25) is 14.4 Å². The second-order valence-corrected chi connectivity index (χ2v) is 7.83. The molecule has 0 saturated carbocycles. The maximum atomic E-state index is 13.5. The van der Waals surface area contributed by atoms with Gasteiger partial charge in [-0.25, -0.2) is 4.79 Å². The SMILES string of the molecule is CO[C@@]12[C@H](COC(N)=O)C3=C(C(=O)CC4(OCCO4)C3=O)N1C[C@H]1[C@@H]2N1C(C)=O. The fourth-order valence-electron chi connectivity index (χ4n) is 5.62. The van der Waals surface area contributed by atoms with Crippen molar-refractivity contribution in [2.45, 2.75) is 36.9 Å². The Balaban J connectivity index is 1.62. The molecule has 4 heterocycles. The molecule has 0 aromatic rings. The van der Waals surface area contributed by atoms with Crippen LogP contribution < -0.4 is 5.73 Å². The second-order valence-electron chi connectivity index (χ2n) is 7.83. The Kier molecular flexibility index (Phi) is 3.69. The number of methoxy groups -OCH3 is 1. The van der Waals surface area contributed by atoms with Crippen molar-refractivity contribution in [2.24, 2.45) is 11.7 Å². The average Bonchev–Trinajstić information content (AvgIpc) is 2.96. The highest BCUT2D eigenvalue weighted by Gasteiger charge is 2.78. The lowest BCUT2D eigenvalue weighted by atomic mass is 9.80. The first-order valence-corrected chi connectivity index (χ1v) is 9.42. The summed E-state index contributed by atoms with van der Waals surface area (Å²) in [5, 5.41) is 0. The predicted octanol–water partition coefficient (Wildman–Crippen LogP) is -1.49. The second kappa shape index (κ2) is 5.77. The third-order valence-corrected chi connectivity index (χ3v) is 6.60. The minimum atomic E-state index is -1.65. The number of carbonyl (C=O) groups is 4. The number of rotatable bonds is 3. The van der Waals surface area contributed by atoms with Crippen LogP contribution in [0, 0.1) is 5.92 Å². The van der Waals surface area contributed by atoms with Crippen LogP contribution in [-0.2, 0) is 33.3 Å². The molecule has 1 spiro atoms. The molecule has 4 atom stereocenters. The normalized spacial score (nSPS) is 36.4. The molecule has 0 aromatic heterocycles. The number of nitrogens with zero attached hydrogens (tertiary/aromatic N) is 2. The molecule has 4 aliphatic heterocycles. The standard InChI is InChI=1S/C18H21N3O8/c1-8(22)21-10-6-20-13-11(23)5-17(28-3-4-29-17)15(24)12(13)9(7-27-16(19)25)18(20,26-2)14(10)21/h9-10,14H,3-7H2,1-2H3,(H2,19,25)/t9-,10+,14+,18-,21?/m1/s1. The summed E-state index contributed by atoms with van der Waals surface area (Å²) in [5.74, 6) is -3.39. The number of ketones is 2. The van der Waals surface area contributed by atoms with E-state index in [2.05, 4.69) is 0 Å². The number of allylic oxidation sites excluding steroid dienone is 1. The van der Waals surface area contributed by atoms with Gasteiger partial charge in [0.2, 0.25) is 17.5 Å². The first-order valence-electron chi connectivity index (χ1n) is 9.42. The molecule has 1 aliphatic carbocycles. The summed E-state index contributed by atoms with van der Waals surface area (Å²) in [6.07, 6.45) is -1.24. The molecule has 3 fully saturated rings. The summed E-state index contributed by atoms with van der Waals surface area (Å²) in [5.41, 5.74) is 4.34. The van der Waals surface area contributed by atoms with Crippen molar-refractivity contribution in [3.63, 3.8) is 0 Å². The average molecular weight is 407 g/mol. The molecule has 0 unspecified atom stereocenters. The lowest BCUT2D eigenvalue weighted by molar-refractivity contribution is -0.182. The molecule has 5 aliphatic rings. The fraction of sp³-hybridized carbons (Fsp3) is 0.667. The number of ether oxygens (including phenoxy) is 4. The van der Waals surface area contributed by atoms with Crippen molar-refractivity contribution in [1.82, 2.24) is 9.80 Å². The summed E-state index contributed by atoms with van der Waals surface area (Å²) in [6.45, 7) is 1.92. The first-order chi connectivity index (χ1) is 13.8. The summed E-state index contributed by atoms with van der Waals surface area (Å²) in [7, 11) is 1.45. The maximum absolute atomic E-state index is 13.5. The number of nitrogens with two attached hydrogens (primary N) is 1. The zero-order chi connectivity index (χ0) is 20.7. The molecule has 0 radical (unpaired) electrons. The predicted molar refractivity (Wildman–Crippen MR) is 91.9 cm³/mol. The van der Waals surface area contributed by atoms with Crippen LogP contribution in [-0.4, -0.2) is 90.4 Å². The van der Waals surface area contributed by atoms with Gasteiger partial charge in [0.25, 0.3) is 0 Å². The molecular formula is C18H21N3O8. The van der Waals surface area contributed by atoms with E-state index in [-0.39, 0.29) is 61.3 Å². The summed E-state index contributed by atoms with van der Waals surface area (Å²) < 4.78 is 22.1. The van der Waals surface area contributed by atoms with E-state index in [1.54, 1.807) is 9.80 Å². The number of amides is 2. The summed E-state index contributed by atoms with van der Waals surface area (Å²) >= 11 is 0. The van der Waals surface area contributed by atoms with E-state index in [1.807, 2.05) is 0 Å². The minimum absolute atomic E-state index is 0.132. The van der Waals surface area contributed by atoms with Crippen LogP contribution in [0.4, 0.5) is 4.79 Å². The number of primary amides is 1. The highest BCUT2D eigenvalue weighted by molar-refractivity contribution is 6.16. The summed E-state index contributed by atoms with van der Waals surface area (Å²) in [4.78, 5) is 53.4. The Labute approximate surface area is 165 Å². The van der Waals surface area contributed by atoms with E-state index in [0.717, 1.165) is 0 Å². The van der Waals surface area contributed by atoms with Gasteiger partial charge < -0.3 is 34.5 Å². The quantitative estimate of drug-likeness (QED) is 0.555. The molecule has 11 heteroatoms. The van der Waals surface area contributed by atoms with Gasteiger partial charge in [0.05, 0.1) is 37.3 Å². The van der Waals surface area contributed by atoms with Crippen LogP contribution in [0.1, 0.15) is 13.3 Å². The van der Waals surface area contributed by atoms with E-state index in [0.29, 0.717) is 6.54 Å². The highest BCUT2D eigenvalue weighted by atomic mass is 16.7. The van der Waals surface area contributed by atoms with E-state index < -0.39 is 29.3 Å². The molecule has 11 nitrogen and oxygen atoms in total. The van der Waals surface area contributed by atoms with Crippen molar-refractivity contribution in [3.05, 3.63) is 11.3 Å². The van der Waals surface area contributed by atoms with Crippen LogP contribution in [0.25, 0.3) is 0 Å². The third kappa shape index (κ3) is 2.12. The van der Waals surface area contributed by atoms with E-state index in [9.17, 15) is 19.2 Å². The van der Waals surface area contributed by atoms with Gasteiger partial charge in [0.1, 0.15) is 12.6 Å². The topological polar surface area (TPSA) is 137 Å². The van der Waals surface area contributed by atoms with Gasteiger partial charge in [-0.1, -0.05) is 0 Å². The molecule has 29 heavy (non-hydrogen) atoms. The van der Waals surface area contributed by atoms with Gasteiger partial charge in [0, 0.05) is 26.2 Å². The smallest absolute Gasteiger partial charge is 0.404 e. The van der Waals surface area contributed by atoms with Gasteiger partial charge in [-0.2, -0.15) is 0 Å². The van der Waals surface area contributed by atoms with Crippen molar-refractivity contribution >= 4 is 23.6 Å². The fourth-order valence-corrected chi connectivity index (χ4v) is 5.62. The maximum Gasteiger partial charge on any atom is 0.404 e. The van der Waals surface area contributed by atoms with Crippen LogP contribution in [0.2, 0.25) is 0 Å². The number of hydrogen-bond donors (Lipinski definition) is 1. The lowest BCUT2D eigenvalue weighted by Crippen LogP contribution is -2.56. The lowest BCUT2D eigenvalue weighted by Gasteiger charge is -2.40. The Bertz CT molecular complexity index is 878. The zero-order valence-electron chi connectivity index (χ0n) is 16.0. The van der Waals surface area contributed by atoms with Crippen LogP contribution in [0.5, 0.6) is 0 Å².